The van der Waals surface area contributed by atoms with E-state index in [1.807, 2.05) is 12.3 Å². The number of hydrogen-bond acceptors (Lipinski definition) is 2. The number of hydrogen-bond donors (Lipinski definition) is 0. The zero-order valence-corrected chi connectivity index (χ0v) is 8.96. The van der Waals surface area contributed by atoms with Crippen LogP contribution in [0.15, 0.2) is 22.8 Å². The van der Waals surface area contributed by atoms with Gasteiger partial charge in [-0.1, -0.05) is 0 Å². The third-order valence-electron chi connectivity index (χ3n) is 2.33. The topological polar surface area (TPSA) is 22.1 Å². The molecule has 1 saturated heterocycles. The van der Waals surface area contributed by atoms with E-state index in [1.165, 1.54) is 6.42 Å². The van der Waals surface area contributed by atoms with Crippen LogP contribution < -0.4 is 0 Å². The number of halogens is 1. The molecule has 0 radical (unpaired) electrons. The number of ether oxygens (including phenoxy) is 1. The van der Waals surface area contributed by atoms with Crippen LogP contribution in [0.5, 0.6) is 0 Å². The second-order valence-electron chi connectivity index (χ2n) is 3.32. The Morgan fingerprint density at radius 3 is 3.00 bits per heavy atom. The zero-order chi connectivity index (χ0) is 9.10. The van der Waals surface area contributed by atoms with E-state index in [0.29, 0.717) is 5.92 Å². The maximum absolute atomic E-state index is 5.42. The van der Waals surface area contributed by atoms with Gasteiger partial charge >= 0.3 is 0 Å². The predicted octanol–water partition coefficient (Wildman–Crippen LogP) is 2.74. The smallest absolute Gasteiger partial charge is 0.0549 e. The van der Waals surface area contributed by atoms with Gasteiger partial charge in [0.1, 0.15) is 0 Å². The van der Waals surface area contributed by atoms with Gasteiger partial charge in [-0.2, -0.15) is 0 Å². The highest BCUT2D eigenvalue weighted by Crippen LogP contribution is 2.24. The minimum atomic E-state index is 0.502. The standard InChI is InChI=1S/C10H12BrNO/c11-9-3-4-10(12-6-9)8-2-1-5-13-7-8/h3-4,6,8H,1-2,5,7H2. The number of nitrogens with zero attached hydrogens (tertiary/aromatic N) is 1. The quantitative estimate of drug-likeness (QED) is 0.755. The van der Waals surface area contributed by atoms with Gasteiger partial charge in [0.2, 0.25) is 0 Å². The first kappa shape index (κ1) is 9.16. The van der Waals surface area contributed by atoms with Crippen LogP contribution in [0.25, 0.3) is 0 Å². The van der Waals surface area contributed by atoms with E-state index in [0.717, 1.165) is 29.8 Å². The van der Waals surface area contributed by atoms with Gasteiger partial charge in [0.15, 0.2) is 0 Å². The van der Waals surface area contributed by atoms with Crippen molar-refractivity contribution < 1.29 is 4.74 Å². The van der Waals surface area contributed by atoms with E-state index >= 15 is 0 Å². The molecule has 0 aliphatic carbocycles. The van der Waals surface area contributed by atoms with E-state index in [2.05, 4.69) is 27.0 Å². The summed E-state index contributed by atoms with van der Waals surface area (Å²) in [6, 6.07) is 4.11. The fourth-order valence-electron chi connectivity index (χ4n) is 1.60. The molecule has 2 rings (SSSR count). The Morgan fingerprint density at radius 1 is 1.46 bits per heavy atom. The molecule has 1 aliphatic rings. The molecule has 2 heterocycles. The first-order valence-corrected chi connectivity index (χ1v) is 5.35. The lowest BCUT2D eigenvalue weighted by Crippen LogP contribution is -2.16. The normalized spacial score (nSPS) is 23.0. The molecule has 0 spiro atoms. The summed E-state index contributed by atoms with van der Waals surface area (Å²) in [5.41, 5.74) is 1.16. The van der Waals surface area contributed by atoms with E-state index in [1.54, 1.807) is 0 Å². The first-order chi connectivity index (χ1) is 6.36. The van der Waals surface area contributed by atoms with Gasteiger partial charge in [-0.15, -0.1) is 0 Å². The van der Waals surface area contributed by atoms with Crippen molar-refractivity contribution in [1.29, 1.82) is 0 Å². The molecule has 1 aromatic rings. The van der Waals surface area contributed by atoms with Crippen LogP contribution in [0.2, 0.25) is 0 Å². The molecular weight excluding hydrogens is 230 g/mol. The van der Waals surface area contributed by atoms with Crippen molar-refractivity contribution in [2.45, 2.75) is 18.8 Å². The summed E-state index contributed by atoms with van der Waals surface area (Å²) in [4.78, 5) is 4.38. The van der Waals surface area contributed by atoms with Crippen LogP contribution in [0, 0.1) is 0 Å². The summed E-state index contributed by atoms with van der Waals surface area (Å²) in [6.45, 7) is 1.74. The Balaban J connectivity index is 2.10. The van der Waals surface area contributed by atoms with Crippen LogP contribution in [0.1, 0.15) is 24.5 Å². The maximum Gasteiger partial charge on any atom is 0.0549 e. The third kappa shape index (κ3) is 2.29. The van der Waals surface area contributed by atoms with Gasteiger partial charge in [0.05, 0.1) is 6.61 Å². The van der Waals surface area contributed by atoms with E-state index in [9.17, 15) is 0 Å². The maximum atomic E-state index is 5.42. The number of pyridine rings is 1. The van der Waals surface area contributed by atoms with Crippen molar-refractivity contribution >= 4 is 15.9 Å². The van der Waals surface area contributed by atoms with Crippen molar-refractivity contribution in [3.05, 3.63) is 28.5 Å². The predicted molar refractivity (Wildman–Crippen MR) is 54.7 cm³/mol. The van der Waals surface area contributed by atoms with Crippen LogP contribution >= 0.6 is 15.9 Å². The summed E-state index contributed by atoms with van der Waals surface area (Å²) in [7, 11) is 0. The highest BCUT2D eigenvalue weighted by molar-refractivity contribution is 9.10. The van der Waals surface area contributed by atoms with Gasteiger partial charge in [0, 0.05) is 28.9 Å². The SMILES string of the molecule is Brc1ccc(C2CCCOC2)nc1. The van der Waals surface area contributed by atoms with Gasteiger partial charge in [-0.05, 0) is 40.9 Å². The fraction of sp³-hybridized carbons (Fsp3) is 0.500. The molecule has 1 fully saturated rings. The highest BCUT2D eigenvalue weighted by Gasteiger charge is 2.16. The van der Waals surface area contributed by atoms with Crippen molar-refractivity contribution in [1.82, 2.24) is 4.98 Å². The molecule has 2 nitrogen and oxygen atoms in total. The Kier molecular flexibility index (Phi) is 2.96. The molecule has 13 heavy (non-hydrogen) atoms. The second kappa shape index (κ2) is 4.20. The van der Waals surface area contributed by atoms with Crippen molar-refractivity contribution in [3.8, 4) is 0 Å². The van der Waals surface area contributed by atoms with Crippen LogP contribution in [-0.4, -0.2) is 18.2 Å². The second-order valence-corrected chi connectivity index (χ2v) is 4.23. The molecule has 0 saturated carbocycles. The largest absolute Gasteiger partial charge is 0.381 e. The van der Waals surface area contributed by atoms with Crippen LogP contribution in [0.4, 0.5) is 0 Å². The van der Waals surface area contributed by atoms with Gasteiger partial charge in [0.25, 0.3) is 0 Å². The third-order valence-corrected chi connectivity index (χ3v) is 2.80. The van der Waals surface area contributed by atoms with Gasteiger partial charge < -0.3 is 4.74 Å². The highest BCUT2D eigenvalue weighted by atomic mass is 79.9. The average Bonchev–Trinajstić information content (AvgIpc) is 2.20. The molecule has 0 amide bonds. The molecule has 0 N–H and O–H groups in total. The Labute approximate surface area is 86.5 Å². The molecule has 0 aromatic carbocycles. The number of aromatic nitrogens is 1. The van der Waals surface area contributed by atoms with Crippen molar-refractivity contribution in [3.63, 3.8) is 0 Å². The van der Waals surface area contributed by atoms with Crippen molar-refractivity contribution in [2.75, 3.05) is 13.2 Å². The monoisotopic (exact) mass is 241 g/mol. The van der Waals surface area contributed by atoms with Crippen molar-refractivity contribution in [2.24, 2.45) is 0 Å². The molecular formula is C10H12BrNO. The lowest BCUT2D eigenvalue weighted by Gasteiger charge is -2.21. The molecule has 1 atom stereocenters. The summed E-state index contributed by atoms with van der Waals surface area (Å²) in [6.07, 6.45) is 4.21. The lowest BCUT2D eigenvalue weighted by molar-refractivity contribution is 0.0793. The zero-order valence-electron chi connectivity index (χ0n) is 7.37. The Hall–Kier alpha value is -0.410. The summed E-state index contributed by atoms with van der Waals surface area (Å²) in [5, 5.41) is 0. The Bertz CT molecular complexity index is 267. The minimum Gasteiger partial charge on any atom is -0.381 e. The fourth-order valence-corrected chi connectivity index (χ4v) is 1.84. The molecule has 1 unspecified atom stereocenters. The molecule has 1 aliphatic heterocycles. The van der Waals surface area contributed by atoms with Crippen LogP contribution in [-0.2, 0) is 4.74 Å². The molecule has 1 aromatic heterocycles. The van der Waals surface area contributed by atoms with Gasteiger partial charge in [-0.25, -0.2) is 0 Å². The molecule has 0 bridgehead atoms. The average molecular weight is 242 g/mol. The molecule has 70 valence electrons. The lowest BCUT2D eigenvalue weighted by atomic mass is 9.98. The summed E-state index contributed by atoms with van der Waals surface area (Å²) in [5.74, 6) is 0.502. The first-order valence-electron chi connectivity index (χ1n) is 4.55. The minimum absolute atomic E-state index is 0.502. The van der Waals surface area contributed by atoms with E-state index in [-0.39, 0.29) is 0 Å². The van der Waals surface area contributed by atoms with Crippen LogP contribution in [0.3, 0.4) is 0 Å². The van der Waals surface area contributed by atoms with E-state index in [4.69, 9.17) is 4.74 Å². The van der Waals surface area contributed by atoms with Gasteiger partial charge in [-0.3, -0.25) is 4.98 Å². The molecule has 3 heteroatoms. The summed E-state index contributed by atoms with van der Waals surface area (Å²) < 4.78 is 6.45. The van der Waals surface area contributed by atoms with E-state index < -0.39 is 0 Å². The number of rotatable bonds is 1. The summed E-state index contributed by atoms with van der Waals surface area (Å²) >= 11 is 3.38. The Morgan fingerprint density at radius 2 is 2.38 bits per heavy atom.